The Hall–Kier alpha value is -1.36. The molecule has 5 heteroatoms. The molecule has 0 radical (unpaired) electrons. The van der Waals surface area contributed by atoms with Gasteiger partial charge in [0, 0.05) is 19.1 Å². The second-order valence-corrected chi connectivity index (χ2v) is 4.51. The highest BCUT2D eigenvalue weighted by Gasteiger charge is 2.22. The van der Waals surface area contributed by atoms with Gasteiger partial charge < -0.3 is 15.5 Å². The second kappa shape index (κ2) is 4.65. The number of piperidine rings is 1. The minimum absolute atomic E-state index is 0.490. The van der Waals surface area contributed by atoms with Crippen molar-refractivity contribution in [3.63, 3.8) is 0 Å². The number of hydrogen-bond acceptors (Lipinski definition) is 5. The molecule has 1 aromatic rings. The van der Waals surface area contributed by atoms with Crippen molar-refractivity contribution in [1.82, 2.24) is 14.9 Å². The maximum absolute atomic E-state index is 5.65. The number of nitrogens with two attached hydrogens (primary N) is 1. The molecular formula is C11H19N5. The molecule has 0 bridgehead atoms. The van der Waals surface area contributed by atoms with Crippen molar-refractivity contribution in [3.05, 3.63) is 12.4 Å². The van der Waals surface area contributed by atoms with Crippen LogP contribution in [0.5, 0.6) is 0 Å². The Kier molecular flexibility index (Phi) is 3.24. The number of nitrogen functional groups attached to an aromatic ring is 1. The number of rotatable bonds is 2. The minimum Gasteiger partial charge on any atom is -0.382 e. The molecular weight excluding hydrogens is 202 g/mol. The number of aromatic nitrogens is 2. The van der Waals surface area contributed by atoms with Crippen LogP contribution in [0.3, 0.4) is 0 Å². The molecule has 16 heavy (non-hydrogen) atoms. The molecule has 1 aliphatic rings. The average Bonchev–Trinajstić information content (AvgIpc) is 2.29. The molecule has 1 aromatic heterocycles. The number of nitrogens with zero attached hydrogens (tertiary/aromatic N) is 4. The highest BCUT2D eigenvalue weighted by atomic mass is 15.2. The van der Waals surface area contributed by atoms with Crippen molar-refractivity contribution in [2.45, 2.75) is 18.9 Å². The lowest BCUT2D eigenvalue weighted by Gasteiger charge is -2.36. The number of anilines is 2. The van der Waals surface area contributed by atoms with E-state index in [1.54, 1.807) is 12.4 Å². The molecule has 2 heterocycles. The van der Waals surface area contributed by atoms with E-state index in [1.165, 1.54) is 12.8 Å². The van der Waals surface area contributed by atoms with E-state index in [0.29, 0.717) is 11.9 Å². The zero-order valence-corrected chi connectivity index (χ0v) is 9.93. The van der Waals surface area contributed by atoms with Crippen molar-refractivity contribution in [2.24, 2.45) is 0 Å². The average molecular weight is 221 g/mol. The molecule has 2 N–H and O–H groups in total. The Labute approximate surface area is 96.3 Å². The van der Waals surface area contributed by atoms with E-state index in [-0.39, 0.29) is 0 Å². The zero-order chi connectivity index (χ0) is 11.5. The summed E-state index contributed by atoms with van der Waals surface area (Å²) in [5.74, 6) is 1.39. The molecule has 1 atom stereocenters. The molecule has 0 saturated carbocycles. The molecule has 0 spiro atoms. The number of likely N-dealkylation sites (N-methyl/N-ethyl adjacent to an activating group) is 1. The van der Waals surface area contributed by atoms with E-state index < -0.39 is 0 Å². The van der Waals surface area contributed by atoms with Crippen LogP contribution in [0.15, 0.2) is 12.4 Å². The predicted molar refractivity (Wildman–Crippen MR) is 65.4 cm³/mol. The molecule has 1 aliphatic heterocycles. The smallest absolute Gasteiger partial charge is 0.149 e. The Morgan fingerprint density at radius 3 is 2.94 bits per heavy atom. The fraction of sp³-hybridized carbons (Fsp3) is 0.636. The van der Waals surface area contributed by atoms with Crippen molar-refractivity contribution in [2.75, 3.05) is 37.8 Å². The van der Waals surface area contributed by atoms with E-state index >= 15 is 0 Å². The van der Waals surface area contributed by atoms with Gasteiger partial charge in [-0.2, -0.15) is 0 Å². The highest BCUT2D eigenvalue weighted by Crippen LogP contribution is 2.19. The fourth-order valence-electron chi connectivity index (χ4n) is 2.11. The van der Waals surface area contributed by atoms with Gasteiger partial charge in [-0.05, 0) is 26.9 Å². The van der Waals surface area contributed by atoms with Crippen LogP contribution in [0, 0.1) is 0 Å². The van der Waals surface area contributed by atoms with Crippen molar-refractivity contribution in [3.8, 4) is 0 Å². The van der Waals surface area contributed by atoms with Crippen LogP contribution in [0.25, 0.3) is 0 Å². The first kappa shape index (κ1) is 11.1. The largest absolute Gasteiger partial charge is 0.382 e. The summed E-state index contributed by atoms with van der Waals surface area (Å²) in [6, 6.07) is 0.594. The van der Waals surface area contributed by atoms with Crippen molar-refractivity contribution >= 4 is 11.6 Å². The van der Waals surface area contributed by atoms with Gasteiger partial charge in [0.1, 0.15) is 11.6 Å². The van der Waals surface area contributed by atoms with Crippen LogP contribution in [-0.4, -0.2) is 48.1 Å². The molecule has 5 nitrogen and oxygen atoms in total. The second-order valence-electron chi connectivity index (χ2n) is 4.51. The molecule has 1 fully saturated rings. The van der Waals surface area contributed by atoms with Gasteiger partial charge in [-0.3, -0.25) is 4.98 Å². The lowest BCUT2D eigenvalue weighted by atomic mass is 10.1. The third-order valence-corrected chi connectivity index (χ3v) is 3.09. The van der Waals surface area contributed by atoms with E-state index in [4.69, 9.17) is 5.73 Å². The summed E-state index contributed by atoms with van der Waals surface area (Å²) in [4.78, 5) is 12.9. The Morgan fingerprint density at radius 1 is 1.44 bits per heavy atom. The van der Waals surface area contributed by atoms with E-state index in [0.717, 1.165) is 18.9 Å². The van der Waals surface area contributed by atoms with Crippen LogP contribution in [0.2, 0.25) is 0 Å². The molecule has 0 aliphatic carbocycles. The van der Waals surface area contributed by atoms with Gasteiger partial charge in [0.05, 0.1) is 12.4 Å². The zero-order valence-electron chi connectivity index (χ0n) is 9.93. The molecule has 2 rings (SSSR count). The molecule has 0 aromatic carbocycles. The first-order valence-electron chi connectivity index (χ1n) is 5.65. The standard InChI is InChI=1S/C11H19N5/c1-15(2)9-4-3-5-16(8-9)11-7-13-6-10(12)14-11/h6-7,9H,3-5,8H2,1-2H3,(H2,12,14). The Balaban J connectivity index is 2.09. The van der Waals surface area contributed by atoms with E-state index in [2.05, 4.69) is 33.9 Å². The van der Waals surface area contributed by atoms with Crippen LogP contribution < -0.4 is 10.6 Å². The lowest BCUT2D eigenvalue weighted by Crippen LogP contribution is -2.45. The molecule has 0 amide bonds. The summed E-state index contributed by atoms with van der Waals surface area (Å²) in [5.41, 5.74) is 5.65. The highest BCUT2D eigenvalue weighted by molar-refractivity contribution is 5.42. The van der Waals surface area contributed by atoms with Crippen LogP contribution >= 0.6 is 0 Å². The lowest BCUT2D eigenvalue weighted by molar-refractivity contribution is 0.257. The van der Waals surface area contributed by atoms with Crippen molar-refractivity contribution < 1.29 is 0 Å². The van der Waals surface area contributed by atoms with Crippen molar-refractivity contribution in [1.29, 1.82) is 0 Å². The van der Waals surface area contributed by atoms with Gasteiger partial charge >= 0.3 is 0 Å². The summed E-state index contributed by atoms with van der Waals surface area (Å²) < 4.78 is 0. The SMILES string of the molecule is CN(C)C1CCCN(c2cncc(N)n2)C1. The fourth-order valence-corrected chi connectivity index (χ4v) is 2.11. The van der Waals surface area contributed by atoms with Crippen LogP contribution in [0.1, 0.15) is 12.8 Å². The predicted octanol–water partition coefficient (Wildman–Crippen LogP) is 0.589. The maximum Gasteiger partial charge on any atom is 0.149 e. The summed E-state index contributed by atoms with van der Waals surface area (Å²) >= 11 is 0. The molecule has 1 unspecified atom stereocenters. The maximum atomic E-state index is 5.65. The normalized spacial score (nSPS) is 21.4. The number of hydrogen-bond donors (Lipinski definition) is 1. The third kappa shape index (κ3) is 2.41. The summed E-state index contributed by atoms with van der Waals surface area (Å²) in [7, 11) is 4.25. The topological polar surface area (TPSA) is 58.3 Å². The van der Waals surface area contributed by atoms with Gasteiger partial charge in [0.15, 0.2) is 0 Å². The van der Waals surface area contributed by atoms with Gasteiger partial charge in [-0.1, -0.05) is 0 Å². The summed E-state index contributed by atoms with van der Waals surface area (Å²) in [6.07, 6.45) is 5.81. The summed E-state index contributed by atoms with van der Waals surface area (Å²) in [6.45, 7) is 2.05. The molecule has 1 saturated heterocycles. The van der Waals surface area contributed by atoms with E-state index in [1.807, 2.05) is 0 Å². The van der Waals surface area contributed by atoms with Crippen LogP contribution in [0.4, 0.5) is 11.6 Å². The van der Waals surface area contributed by atoms with Gasteiger partial charge in [-0.15, -0.1) is 0 Å². The van der Waals surface area contributed by atoms with Gasteiger partial charge in [0.2, 0.25) is 0 Å². The third-order valence-electron chi connectivity index (χ3n) is 3.09. The first-order chi connectivity index (χ1) is 7.66. The Bertz CT molecular complexity index is 352. The quantitative estimate of drug-likeness (QED) is 0.792. The first-order valence-corrected chi connectivity index (χ1v) is 5.65. The molecule has 88 valence electrons. The Morgan fingerprint density at radius 2 is 2.25 bits per heavy atom. The van der Waals surface area contributed by atoms with E-state index in [9.17, 15) is 0 Å². The monoisotopic (exact) mass is 221 g/mol. The van der Waals surface area contributed by atoms with Gasteiger partial charge in [0.25, 0.3) is 0 Å². The minimum atomic E-state index is 0.490. The summed E-state index contributed by atoms with van der Waals surface area (Å²) in [5, 5.41) is 0. The van der Waals surface area contributed by atoms with Gasteiger partial charge in [-0.25, -0.2) is 4.98 Å². The van der Waals surface area contributed by atoms with Crippen LogP contribution in [-0.2, 0) is 0 Å².